The van der Waals surface area contributed by atoms with Gasteiger partial charge in [-0.05, 0) is 32.0 Å². The minimum Gasteiger partial charge on any atom is -0.504 e. The topological polar surface area (TPSA) is 88.7 Å². The van der Waals surface area contributed by atoms with Crippen molar-refractivity contribution in [1.29, 1.82) is 0 Å². The molecule has 0 aliphatic heterocycles. The molecule has 0 unspecified atom stereocenters. The van der Waals surface area contributed by atoms with E-state index in [1.54, 1.807) is 22.9 Å². The molecule has 0 saturated carbocycles. The van der Waals surface area contributed by atoms with E-state index >= 15 is 0 Å². The lowest BCUT2D eigenvalue weighted by atomic mass is 10.2. The van der Waals surface area contributed by atoms with Gasteiger partial charge in [0.25, 0.3) is 5.91 Å². The molecule has 1 aromatic heterocycles. The smallest absolute Gasteiger partial charge is 0.261 e. The van der Waals surface area contributed by atoms with Crippen molar-refractivity contribution < 1.29 is 14.6 Å². The van der Waals surface area contributed by atoms with Crippen LogP contribution in [0.1, 0.15) is 17.0 Å². The molecule has 1 aromatic carbocycles. The van der Waals surface area contributed by atoms with Crippen LogP contribution in [0.5, 0.6) is 11.5 Å². The summed E-state index contributed by atoms with van der Waals surface area (Å²) in [5.41, 5.74) is 4.61. The first-order chi connectivity index (χ1) is 10.5. The largest absolute Gasteiger partial charge is 0.504 e. The molecule has 0 fully saturated rings. The summed E-state index contributed by atoms with van der Waals surface area (Å²) >= 11 is 0. The van der Waals surface area contributed by atoms with Gasteiger partial charge in [-0.1, -0.05) is 6.07 Å². The SMILES string of the molecule is COc1cccc(/C=N/NC(=O)Cn2nc(C)cc2C)c1O. The van der Waals surface area contributed by atoms with Gasteiger partial charge in [-0.15, -0.1) is 0 Å². The van der Waals surface area contributed by atoms with Crippen molar-refractivity contribution >= 4 is 12.1 Å². The van der Waals surface area contributed by atoms with Crippen LogP contribution in [0.2, 0.25) is 0 Å². The van der Waals surface area contributed by atoms with Gasteiger partial charge in [0.15, 0.2) is 11.5 Å². The van der Waals surface area contributed by atoms with Gasteiger partial charge in [-0.25, -0.2) is 5.43 Å². The van der Waals surface area contributed by atoms with E-state index in [2.05, 4.69) is 15.6 Å². The zero-order valence-electron chi connectivity index (χ0n) is 12.7. The number of ether oxygens (including phenoxy) is 1. The molecule has 7 heteroatoms. The van der Waals surface area contributed by atoms with Crippen molar-refractivity contribution in [3.05, 3.63) is 41.2 Å². The molecule has 2 N–H and O–H groups in total. The number of methoxy groups -OCH3 is 1. The normalized spacial score (nSPS) is 10.9. The standard InChI is InChI=1S/C15H18N4O3/c1-10-7-11(2)19(18-10)9-14(20)17-16-8-12-5-4-6-13(22-3)15(12)21/h4-8,21H,9H2,1-3H3,(H,17,20)/b16-8+. The summed E-state index contributed by atoms with van der Waals surface area (Å²) in [6.07, 6.45) is 1.36. The Kier molecular flexibility index (Phi) is 4.77. The van der Waals surface area contributed by atoms with Crippen molar-refractivity contribution in [1.82, 2.24) is 15.2 Å². The van der Waals surface area contributed by atoms with Gasteiger partial charge in [0.1, 0.15) is 6.54 Å². The van der Waals surface area contributed by atoms with Crippen LogP contribution >= 0.6 is 0 Å². The van der Waals surface area contributed by atoms with E-state index in [1.165, 1.54) is 13.3 Å². The minimum absolute atomic E-state index is 0.0263. The predicted octanol–water partition coefficient (Wildman–Crippen LogP) is 1.36. The molecule has 0 aliphatic carbocycles. The highest BCUT2D eigenvalue weighted by molar-refractivity contribution is 5.86. The van der Waals surface area contributed by atoms with E-state index < -0.39 is 0 Å². The van der Waals surface area contributed by atoms with E-state index in [-0.39, 0.29) is 18.2 Å². The molecule has 2 aromatic rings. The van der Waals surface area contributed by atoms with Crippen LogP contribution < -0.4 is 10.2 Å². The molecule has 0 bridgehead atoms. The Bertz CT molecular complexity index is 707. The third kappa shape index (κ3) is 3.63. The first-order valence-electron chi connectivity index (χ1n) is 6.70. The molecule has 116 valence electrons. The number of phenols is 1. The zero-order chi connectivity index (χ0) is 16.1. The van der Waals surface area contributed by atoms with Crippen LogP contribution in [0, 0.1) is 13.8 Å². The lowest BCUT2D eigenvalue weighted by Crippen LogP contribution is -2.24. The summed E-state index contributed by atoms with van der Waals surface area (Å²) in [5.74, 6) is 0.0179. The third-order valence-electron chi connectivity index (χ3n) is 3.04. The van der Waals surface area contributed by atoms with Crippen LogP contribution in [0.4, 0.5) is 0 Å². The Morgan fingerprint density at radius 3 is 2.91 bits per heavy atom. The first kappa shape index (κ1) is 15.6. The van der Waals surface area contributed by atoms with E-state index in [9.17, 15) is 9.90 Å². The van der Waals surface area contributed by atoms with Gasteiger partial charge in [0.2, 0.25) is 0 Å². The van der Waals surface area contributed by atoms with E-state index in [1.807, 2.05) is 19.9 Å². The molecule has 22 heavy (non-hydrogen) atoms. The fraction of sp³-hybridized carbons (Fsp3) is 0.267. The van der Waals surface area contributed by atoms with Crippen molar-refractivity contribution in [3.63, 3.8) is 0 Å². The number of hydrogen-bond acceptors (Lipinski definition) is 5. The maximum atomic E-state index is 11.8. The van der Waals surface area contributed by atoms with Crippen LogP contribution in [0.3, 0.4) is 0 Å². The Balaban J connectivity index is 1.98. The average Bonchev–Trinajstić information content (AvgIpc) is 2.78. The monoisotopic (exact) mass is 302 g/mol. The first-order valence-corrected chi connectivity index (χ1v) is 6.70. The molecule has 1 amide bonds. The van der Waals surface area contributed by atoms with Crippen LogP contribution in [0.15, 0.2) is 29.4 Å². The van der Waals surface area contributed by atoms with Crippen LogP contribution in [0.25, 0.3) is 0 Å². The maximum Gasteiger partial charge on any atom is 0.261 e. The van der Waals surface area contributed by atoms with Crippen molar-refractivity contribution in [2.45, 2.75) is 20.4 Å². The van der Waals surface area contributed by atoms with Crippen molar-refractivity contribution in [3.8, 4) is 11.5 Å². The number of aromatic hydroxyl groups is 1. The van der Waals surface area contributed by atoms with Crippen molar-refractivity contribution in [2.75, 3.05) is 7.11 Å². The van der Waals surface area contributed by atoms with Gasteiger partial charge in [0.05, 0.1) is 19.0 Å². The number of hydrazone groups is 1. The maximum absolute atomic E-state index is 11.8. The second kappa shape index (κ2) is 6.75. The van der Waals surface area contributed by atoms with E-state index in [0.717, 1.165) is 11.4 Å². The lowest BCUT2D eigenvalue weighted by Gasteiger charge is -2.05. The van der Waals surface area contributed by atoms with Crippen molar-refractivity contribution in [2.24, 2.45) is 5.10 Å². The molecule has 7 nitrogen and oxygen atoms in total. The minimum atomic E-state index is -0.301. The Hall–Kier alpha value is -2.83. The summed E-state index contributed by atoms with van der Waals surface area (Å²) in [6, 6.07) is 6.91. The second-order valence-corrected chi connectivity index (χ2v) is 4.78. The number of aryl methyl sites for hydroxylation is 2. The molecule has 2 rings (SSSR count). The Morgan fingerprint density at radius 2 is 2.27 bits per heavy atom. The van der Waals surface area contributed by atoms with Gasteiger partial charge < -0.3 is 9.84 Å². The molecule has 0 spiro atoms. The molecule has 0 aliphatic rings. The van der Waals surface area contributed by atoms with E-state index in [4.69, 9.17) is 4.74 Å². The zero-order valence-corrected chi connectivity index (χ0v) is 12.7. The van der Waals surface area contributed by atoms with E-state index in [0.29, 0.717) is 11.3 Å². The number of aromatic nitrogens is 2. The number of carbonyl (C=O) groups excluding carboxylic acids is 1. The molecule has 0 saturated heterocycles. The molecular weight excluding hydrogens is 284 g/mol. The number of phenolic OH excluding ortho intramolecular Hbond substituents is 1. The van der Waals surface area contributed by atoms with Gasteiger partial charge >= 0.3 is 0 Å². The second-order valence-electron chi connectivity index (χ2n) is 4.78. The summed E-state index contributed by atoms with van der Waals surface area (Å²) in [4.78, 5) is 11.8. The fourth-order valence-corrected chi connectivity index (χ4v) is 1.99. The molecule has 1 heterocycles. The molecule has 0 radical (unpaired) electrons. The lowest BCUT2D eigenvalue weighted by molar-refractivity contribution is -0.121. The number of amides is 1. The summed E-state index contributed by atoms with van der Waals surface area (Å²) in [7, 11) is 1.46. The number of hydrogen-bond donors (Lipinski definition) is 2. The number of rotatable bonds is 5. The quantitative estimate of drug-likeness (QED) is 0.645. The number of nitrogens with one attached hydrogen (secondary N) is 1. The Morgan fingerprint density at radius 1 is 1.50 bits per heavy atom. The summed E-state index contributed by atoms with van der Waals surface area (Å²) in [6.45, 7) is 3.83. The number of para-hydroxylation sites is 1. The number of benzene rings is 1. The molecular formula is C15H18N4O3. The third-order valence-corrected chi connectivity index (χ3v) is 3.04. The van der Waals surface area contributed by atoms with Gasteiger partial charge in [-0.3, -0.25) is 9.48 Å². The summed E-state index contributed by atoms with van der Waals surface area (Å²) in [5, 5.41) is 17.9. The highest BCUT2D eigenvalue weighted by atomic mass is 16.5. The van der Waals surface area contributed by atoms with Crippen LogP contribution in [-0.4, -0.2) is 34.1 Å². The Labute approximate surface area is 128 Å². The fourth-order valence-electron chi connectivity index (χ4n) is 1.99. The van der Waals surface area contributed by atoms with Gasteiger partial charge in [0, 0.05) is 11.3 Å². The number of nitrogens with zero attached hydrogens (tertiary/aromatic N) is 3. The van der Waals surface area contributed by atoms with Crippen LogP contribution in [-0.2, 0) is 11.3 Å². The highest BCUT2D eigenvalue weighted by Gasteiger charge is 2.07. The molecule has 0 atom stereocenters. The number of carbonyl (C=O) groups is 1. The predicted molar refractivity (Wildman–Crippen MR) is 82.1 cm³/mol. The van der Waals surface area contributed by atoms with Gasteiger partial charge in [-0.2, -0.15) is 10.2 Å². The average molecular weight is 302 g/mol. The summed E-state index contributed by atoms with van der Waals surface area (Å²) < 4.78 is 6.60. The highest BCUT2D eigenvalue weighted by Crippen LogP contribution is 2.27.